The minimum atomic E-state index is 0.375. The Morgan fingerprint density at radius 3 is 2.78 bits per heavy atom. The first-order valence-electron chi connectivity index (χ1n) is 5.03. The van der Waals surface area contributed by atoms with E-state index in [0.29, 0.717) is 28.3 Å². The number of anilines is 1. The van der Waals surface area contributed by atoms with E-state index in [1.54, 1.807) is 25.1 Å². The molecule has 2 rings (SSSR count). The highest BCUT2D eigenvalue weighted by Crippen LogP contribution is 2.31. The summed E-state index contributed by atoms with van der Waals surface area (Å²) in [4.78, 5) is 8.20. The zero-order valence-electron chi connectivity index (χ0n) is 9.45. The maximum atomic E-state index is 6.05. The lowest BCUT2D eigenvalue weighted by atomic mass is 10.3. The van der Waals surface area contributed by atoms with Crippen LogP contribution >= 0.6 is 27.5 Å². The van der Waals surface area contributed by atoms with Gasteiger partial charge in [-0.05, 0) is 25.1 Å². The highest BCUT2D eigenvalue weighted by atomic mass is 79.9. The molecule has 0 atom stereocenters. The van der Waals surface area contributed by atoms with Gasteiger partial charge in [0, 0.05) is 10.5 Å². The molecule has 7 heteroatoms. The Morgan fingerprint density at radius 2 is 2.11 bits per heavy atom. The van der Waals surface area contributed by atoms with Gasteiger partial charge in [-0.25, -0.2) is 10.8 Å². The molecule has 0 aliphatic rings. The lowest BCUT2D eigenvalue weighted by Gasteiger charge is -2.08. The summed E-state index contributed by atoms with van der Waals surface area (Å²) in [6.07, 6.45) is 0. The molecule has 1 heterocycles. The number of nitrogens with one attached hydrogen (secondary N) is 1. The standard InChI is InChI=1S/C11H10BrClN4O/c1-6-15-10(17-14)5-11(16-6)18-9-3-2-7(12)4-8(9)13/h2-5H,14H2,1H3,(H,15,16,17). The molecular formula is C11H10BrClN4O. The van der Waals surface area contributed by atoms with E-state index in [2.05, 4.69) is 31.3 Å². The molecule has 1 aromatic heterocycles. The van der Waals surface area contributed by atoms with Crippen LogP contribution in [0.4, 0.5) is 5.82 Å². The van der Waals surface area contributed by atoms with Crippen LogP contribution in [0.1, 0.15) is 5.82 Å². The third-order valence-electron chi connectivity index (χ3n) is 2.07. The molecule has 0 spiro atoms. The summed E-state index contributed by atoms with van der Waals surface area (Å²) < 4.78 is 6.47. The van der Waals surface area contributed by atoms with Crippen LogP contribution in [0.25, 0.3) is 0 Å². The van der Waals surface area contributed by atoms with Crippen molar-refractivity contribution in [2.45, 2.75) is 6.92 Å². The van der Waals surface area contributed by atoms with Crippen molar-refractivity contribution in [2.75, 3.05) is 5.43 Å². The van der Waals surface area contributed by atoms with Crippen LogP contribution in [-0.2, 0) is 0 Å². The molecular weight excluding hydrogens is 320 g/mol. The van der Waals surface area contributed by atoms with Gasteiger partial charge in [-0.1, -0.05) is 27.5 Å². The highest BCUT2D eigenvalue weighted by molar-refractivity contribution is 9.10. The number of rotatable bonds is 3. The molecule has 1 aromatic carbocycles. The second kappa shape index (κ2) is 5.51. The van der Waals surface area contributed by atoms with E-state index in [1.165, 1.54) is 0 Å². The lowest BCUT2D eigenvalue weighted by Crippen LogP contribution is -2.09. The summed E-state index contributed by atoms with van der Waals surface area (Å²) in [7, 11) is 0. The lowest BCUT2D eigenvalue weighted by molar-refractivity contribution is 0.460. The number of hydrogen-bond donors (Lipinski definition) is 2. The van der Waals surface area contributed by atoms with Crippen molar-refractivity contribution in [2.24, 2.45) is 5.84 Å². The van der Waals surface area contributed by atoms with Gasteiger partial charge in [-0.15, -0.1) is 0 Å². The first kappa shape index (κ1) is 13.1. The van der Waals surface area contributed by atoms with Gasteiger partial charge in [-0.3, -0.25) is 0 Å². The molecule has 0 radical (unpaired) electrons. The molecule has 18 heavy (non-hydrogen) atoms. The van der Waals surface area contributed by atoms with Gasteiger partial charge in [0.25, 0.3) is 0 Å². The number of hydrazine groups is 1. The molecule has 0 aliphatic heterocycles. The van der Waals surface area contributed by atoms with Crippen LogP contribution in [0.2, 0.25) is 5.02 Å². The topological polar surface area (TPSA) is 73.1 Å². The van der Waals surface area contributed by atoms with E-state index in [1.807, 2.05) is 6.07 Å². The summed E-state index contributed by atoms with van der Waals surface area (Å²) in [5.41, 5.74) is 2.45. The van der Waals surface area contributed by atoms with Gasteiger partial charge >= 0.3 is 0 Å². The molecule has 0 saturated carbocycles. The van der Waals surface area contributed by atoms with Gasteiger partial charge < -0.3 is 10.2 Å². The minimum absolute atomic E-state index is 0.375. The number of nitrogens with zero attached hydrogens (tertiary/aromatic N) is 2. The Bertz CT molecular complexity index is 579. The number of aromatic nitrogens is 2. The van der Waals surface area contributed by atoms with E-state index >= 15 is 0 Å². The molecule has 94 valence electrons. The normalized spacial score (nSPS) is 10.2. The number of halogens is 2. The first-order valence-corrected chi connectivity index (χ1v) is 6.21. The minimum Gasteiger partial charge on any atom is -0.437 e. The summed E-state index contributed by atoms with van der Waals surface area (Å²) in [6, 6.07) is 6.91. The zero-order valence-corrected chi connectivity index (χ0v) is 11.8. The monoisotopic (exact) mass is 328 g/mol. The average Bonchev–Trinajstić information content (AvgIpc) is 2.32. The van der Waals surface area contributed by atoms with Gasteiger partial charge in [0.1, 0.15) is 17.4 Å². The molecule has 5 nitrogen and oxygen atoms in total. The van der Waals surface area contributed by atoms with Crippen LogP contribution in [0, 0.1) is 6.92 Å². The molecule has 0 amide bonds. The molecule has 0 aliphatic carbocycles. The van der Waals surface area contributed by atoms with Gasteiger partial charge in [-0.2, -0.15) is 4.98 Å². The van der Waals surface area contributed by atoms with Gasteiger partial charge in [0.2, 0.25) is 5.88 Å². The first-order chi connectivity index (χ1) is 8.58. The average molecular weight is 330 g/mol. The molecule has 3 N–H and O–H groups in total. The third-order valence-corrected chi connectivity index (χ3v) is 2.86. The van der Waals surface area contributed by atoms with Crippen molar-refractivity contribution >= 4 is 33.3 Å². The van der Waals surface area contributed by atoms with Gasteiger partial charge in [0.05, 0.1) is 5.02 Å². The molecule has 2 aromatic rings. The quantitative estimate of drug-likeness (QED) is 0.668. The number of benzene rings is 1. The summed E-state index contributed by atoms with van der Waals surface area (Å²) >= 11 is 9.38. The number of nitrogens with two attached hydrogens (primary N) is 1. The van der Waals surface area contributed by atoms with Crippen molar-refractivity contribution in [1.29, 1.82) is 0 Å². The van der Waals surface area contributed by atoms with Crippen molar-refractivity contribution in [1.82, 2.24) is 9.97 Å². The van der Waals surface area contributed by atoms with E-state index < -0.39 is 0 Å². The van der Waals surface area contributed by atoms with Crippen LogP contribution in [-0.4, -0.2) is 9.97 Å². The fourth-order valence-electron chi connectivity index (χ4n) is 1.34. The fourth-order valence-corrected chi connectivity index (χ4v) is 2.05. The van der Waals surface area contributed by atoms with E-state index in [-0.39, 0.29) is 0 Å². The molecule has 0 saturated heterocycles. The predicted molar refractivity (Wildman–Crippen MR) is 73.8 cm³/mol. The Hall–Kier alpha value is -1.37. The summed E-state index contributed by atoms with van der Waals surface area (Å²) in [5.74, 6) is 7.22. The Labute approximate surface area is 117 Å². The number of nitrogen functional groups attached to an aromatic ring is 1. The van der Waals surface area contributed by atoms with E-state index in [9.17, 15) is 0 Å². The van der Waals surface area contributed by atoms with Crippen LogP contribution in [0.5, 0.6) is 11.6 Å². The number of aryl methyl sites for hydroxylation is 1. The SMILES string of the molecule is Cc1nc(NN)cc(Oc2ccc(Br)cc2Cl)n1. The van der Waals surface area contributed by atoms with E-state index in [4.69, 9.17) is 22.2 Å². The largest absolute Gasteiger partial charge is 0.437 e. The predicted octanol–water partition coefficient (Wildman–Crippen LogP) is 3.28. The molecule has 0 bridgehead atoms. The number of hydrogen-bond acceptors (Lipinski definition) is 5. The van der Waals surface area contributed by atoms with E-state index in [0.717, 1.165) is 4.47 Å². The smallest absolute Gasteiger partial charge is 0.224 e. The maximum Gasteiger partial charge on any atom is 0.224 e. The fraction of sp³-hybridized carbons (Fsp3) is 0.0909. The van der Waals surface area contributed by atoms with Crippen molar-refractivity contribution in [3.05, 3.63) is 39.6 Å². The third kappa shape index (κ3) is 3.10. The summed E-state index contributed by atoms with van der Waals surface area (Å²) in [5, 5.41) is 0.489. The van der Waals surface area contributed by atoms with Crippen LogP contribution in [0.15, 0.2) is 28.7 Å². The maximum absolute atomic E-state index is 6.05. The second-order valence-corrected chi connectivity index (χ2v) is 4.78. The Balaban J connectivity index is 2.30. The summed E-state index contributed by atoms with van der Waals surface area (Å²) in [6.45, 7) is 1.75. The number of ether oxygens (including phenoxy) is 1. The Morgan fingerprint density at radius 1 is 1.33 bits per heavy atom. The Kier molecular flexibility index (Phi) is 4.00. The van der Waals surface area contributed by atoms with Crippen LogP contribution < -0.4 is 16.0 Å². The molecule has 0 fully saturated rings. The zero-order chi connectivity index (χ0) is 13.1. The van der Waals surface area contributed by atoms with Gasteiger partial charge in [0.15, 0.2) is 0 Å². The van der Waals surface area contributed by atoms with Crippen molar-refractivity contribution in [3.8, 4) is 11.6 Å². The van der Waals surface area contributed by atoms with Crippen molar-refractivity contribution < 1.29 is 4.74 Å². The highest BCUT2D eigenvalue weighted by Gasteiger charge is 2.07. The van der Waals surface area contributed by atoms with Crippen LogP contribution in [0.3, 0.4) is 0 Å². The molecule has 0 unspecified atom stereocenters. The van der Waals surface area contributed by atoms with Crippen molar-refractivity contribution in [3.63, 3.8) is 0 Å². The second-order valence-electron chi connectivity index (χ2n) is 3.46.